The van der Waals surface area contributed by atoms with Crippen molar-refractivity contribution in [2.75, 3.05) is 19.1 Å². The Kier molecular flexibility index (Phi) is 7.40. The van der Waals surface area contributed by atoms with Crippen LogP contribution in [0.2, 0.25) is 5.02 Å². The molecule has 0 saturated heterocycles. The zero-order chi connectivity index (χ0) is 19.1. The molecule has 1 unspecified atom stereocenters. The molecule has 10 heteroatoms. The van der Waals surface area contributed by atoms with E-state index < -0.39 is 23.7 Å². The minimum atomic E-state index is -0.753. The summed E-state index contributed by atoms with van der Waals surface area (Å²) in [6.45, 7) is 0.228. The van der Waals surface area contributed by atoms with E-state index in [0.717, 1.165) is 0 Å². The van der Waals surface area contributed by atoms with E-state index >= 15 is 0 Å². The molecular weight excluding hydrogens is 383 g/mol. The topological polar surface area (TPSA) is 86.1 Å². The summed E-state index contributed by atoms with van der Waals surface area (Å²) in [4.78, 5) is 24.1. The van der Waals surface area contributed by atoms with Gasteiger partial charge in [-0.1, -0.05) is 22.9 Å². The number of hydrogen-bond acceptors (Lipinski definition) is 6. The maximum Gasteiger partial charge on any atom is 0.328 e. The SMILES string of the molecule is COC(=O)C(CCSC)NC(=O)c1cn(Cc2ccc(F)cc2Cl)nn1. The van der Waals surface area contributed by atoms with Crippen LogP contribution in [-0.4, -0.2) is 52.0 Å². The predicted octanol–water partition coefficient (Wildman–Crippen LogP) is 2.14. The van der Waals surface area contributed by atoms with E-state index in [1.807, 2.05) is 6.26 Å². The fourth-order valence-corrected chi connectivity index (χ4v) is 2.86. The summed E-state index contributed by atoms with van der Waals surface area (Å²) in [5, 5.41) is 10.5. The van der Waals surface area contributed by atoms with E-state index in [9.17, 15) is 14.0 Å². The van der Waals surface area contributed by atoms with Gasteiger partial charge in [-0.25, -0.2) is 13.9 Å². The molecule has 2 aromatic rings. The smallest absolute Gasteiger partial charge is 0.328 e. The van der Waals surface area contributed by atoms with Gasteiger partial charge in [0.25, 0.3) is 5.91 Å². The molecule has 0 spiro atoms. The Morgan fingerprint density at radius 2 is 2.23 bits per heavy atom. The Labute approximate surface area is 159 Å². The van der Waals surface area contributed by atoms with Crippen LogP contribution in [0.4, 0.5) is 4.39 Å². The van der Waals surface area contributed by atoms with Crippen LogP contribution in [0.25, 0.3) is 0 Å². The normalized spacial score (nSPS) is 11.8. The highest BCUT2D eigenvalue weighted by Gasteiger charge is 2.23. The molecule has 26 heavy (non-hydrogen) atoms. The lowest BCUT2D eigenvalue weighted by Gasteiger charge is -2.14. The van der Waals surface area contributed by atoms with E-state index in [1.54, 1.807) is 11.8 Å². The summed E-state index contributed by atoms with van der Waals surface area (Å²) < 4.78 is 19.2. The van der Waals surface area contributed by atoms with E-state index in [1.165, 1.54) is 36.2 Å². The third-order valence-electron chi connectivity index (χ3n) is 3.52. The number of nitrogens with zero attached hydrogens (tertiary/aromatic N) is 3. The maximum atomic E-state index is 13.1. The number of nitrogens with one attached hydrogen (secondary N) is 1. The summed E-state index contributed by atoms with van der Waals surface area (Å²) in [5.74, 6) is -0.789. The molecule has 1 atom stereocenters. The van der Waals surface area contributed by atoms with Crippen LogP contribution in [0.5, 0.6) is 0 Å². The molecule has 0 aliphatic rings. The van der Waals surface area contributed by atoms with Gasteiger partial charge in [0.05, 0.1) is 19.9 Å². The third-order valence-corrected chi connectivity index (χ3v) is 4.52. The molecule has 1 N–H and O–H groups in total. The molecule has 1 aromatic carbocycles. The average molecular weight is 401 g/mol. The van der Waals surface area contributed by atoms with Crippen molar-refractivity contribution in [2.45, 2.75) is 19.0 Å². The van der Waals surface area contributed by atoms with Gasteiger partial charge in [0, 0.05) is 5.02 Å². The van der Waals surface area contributed by atoms with Crippen molar-refractivity contribution in [1.82, 2.24) is 20.3 Å². The quantitative estimate of drug-likeness (QED) is 0.683. The minimum absolute atomic E-state index is 0.0567. The molecule has 1 aromatic heterocycles. The number of halogens is 2. The van der Waals surface area contributed by atoms with Gasteiger partial charge in [-0.2, -0.15) is 11.8 Å². The van der Waals surface area contributed by atoms with E-state index in [4.69, 9.17) is 16.3 Å². The summed E-state index contributed by atoms with van der Waals surface area (Å²) in [6, 6.07) is 3.28. The molecule has 0 aliphatic heterocycles. The molecule has 0 saturated carbocycles. The Balaban J connectivity index is 2.05. The molecule has 2 rings (SSSR count). The lowest BCUT2D eigenvalue weighted by Crippen LogP contribution is -2.42. The second-order valence-corrected chi connectivity index (χ2v) is 6.76. The summed E-state index contributed by atoms with van der Waals surface area (Å²) in [7, 11) is 1.27. The van der Waals surface area contributed by atoms with Crippen molar-refractivity contribution in [1.29, 1.82) is 0 Å². The number of thioether (sulfide) groups is 1. The van der Waals surface area contributed by atoms with Gasteiger partial charge in [0.1, 0.15) is 11.9 Å². The first-order chi connectivity index (χ1) is 12.4. The third kappa shape index (κ3) is 5.43. The highest BCUT2D eigenvalue weighted by atomic mass is 35.5. The Morgan fingerprint density at radius 3 is 2.88 bits per heavy atom. The fraction of sp³-hybridized carbons (Fsp3) is 0.375. The van der Waals surface area contributed by atoms with Crippen molar-refractivity contribution in [3.05, 3.63) is 46.5 Å². The fourth-order valence-electron chi connectivity index (χ4n) is 2.16. The van der Waals surface area contributed by atoms with Crippen molar-refractivity contribution < 1.29 is 18.7 Å². The molecule has 0 bridgehead atoms. The molecule has 0 aliphatic carbocycles. The number of carbonyl (C=O) groups is 2. The van der Waals surface area contributed by atoms with Gasteiger partial charge in [0.15, 0.2) is 5.69 Å². The molecular formula is C16H18ClFN4O3S. The molecule has 140 valence electrons. The molecule has 7 nitrogen and oxygen atoms in total. The van der Waals surface area contributed by atoms with Crippen molar-refractivity contribution >= 4 is 35.2 Å². The van der Waals surface area contributed by atoms with Gasteiger partial charge in [-0.3, -0.25) is 4.79 Å². The number of carbonyl (C=O) groups excluding carboxylic acids is 2. The zero-order valence-electron chi connectivity index (χ0n) is 14.2. The van der Waals surface area contributed by atoms with Crippen molar-refractivity contribution in [2.24, 2.45) is 0 Å². The highest BCUT2D eigenvalue weighted by Crippen LogP contribution is 2.18. The van der Waals surface area contributed by atoms with Gasteiger partial charge in [-0.15, -0.1) is 5.10 Å². The predicted molar refractivity (Wildman–Crippen MR) is 96.8 cm³/mol. The molecule has 1 heterocycles. The van der Waals surface area contributed by atoms with E-state index in [2.05, 4.69) is 15.6 Å². The number of esters is 1. The van der Waals surface area contributed by atoms with Crippen LogP contribution < -0.4 is 5.32 Å². The standard InChI is InChI=1S/C16H18ClFN4O3S/c1-25-16(24)13(5-6-26-2)19-15(23)14-9-22(21-20-14)8-10-3-4-11(18)7-12(10)17/h3-4,7,9,13H,5-6,8H2,1-2H3,(H,19,23). The highest BCUT2D eigenvalue weighted by molar-refractivity contribution is 7.98. The second-order valence-electron chi connectivity index (χ2n) is 5.37. The first kappa shape index (κ1) is 20.2. The summed E-state index contributed by atoms with van der Waals surface area (Å²) in [6.07, 6.45) is 3.78. The molecule has 1 amide bonds. The summed E-state index contributed by atoms with van der Waals surface area (Å²) >= 11 is 7.54. The van der Waals surface area contributed by atoms with Crippen LogP contribution in [0.15, 0.2) is 24.4 Å². The first-order valence-corrected chi connectivity index (χ1v) is 9.43. The number of hydrogen-bond donors (Lipinski definition) is 1. The van der Waals surface area contributed by atoms with E-state index in [-0.39, 0.29) is 17.3 Å². The van der Waals surface area contributed by atoms with Gasteiger partial charge in [0.2, 0.25) is 0 Å². The van der Waals surface area contributed by atoms with Crippen LogP contribution in [0.1, 0.15) is 22.5 Å². The molecule has 0 radical (unpaired) electrons. The first-order valence-electron chi connectivity index (χ1n) is 7.66. The lowest BCUT2D eigenvalue weighted by molar-refractivity contribution is -0.142. The number of amides is 1. The maximum absolute atomic E-state index is 13.1. The minimum Gasteiger partial charge on any atom is -0.467 e. The van der Waals surface area contributed by atoms with Crippen LogP contribution in [0.3, 0.4) is 0 Å². The van der Waals surface area contributed by atoms with Gasteiger partial charge < -0.3 is 10.1 Å². The Morgan fingerprint density at radius 1 is 1.46 bits per heavy atom. The van der Waals surface area contributed by atoms with Crippen molar-refractivity contribution in [3.63, 3.8) is 0 Å². The number of ether oxygens (including phenoxy) is 1. The average Bonchev–Trinajstić information content (AvgIpc) is 3.09. The largest absolute Gasteiger partial charge is 0.467 e. The van der Waals surface area contributed by atoms with Crippen LogP contribution in [0, 0.1) is 5.82 Å². The monoisotopic (exact) mass is 400 g/mol. The Hall–Kier alpha value is -2.13. The molecule has 0 fully saturated rings. The van der Waals surface area contributed by atoms with Crippen LogP contribution in [-0.2, 0) is 16.1 Å². The zero-order valence-corrected chi connectivity index (χ0v) is 15.8. The van der Waals surface area contributed by atoms with E-state index in [0.29, 0.717) is 17.7 Å². The van der Waals surface area contributed by atoms with Crippen LogP contribution >= 0.6 is 23.4 Å². The summed E-state index contributed by atoms with van der Waals surface area (Å²) in [5.41, 5.74) is 0.693. The second kappa shape index (κ2) is 9.54. The van der Waals surface area contributed by atoms with Gasteiger partial charge in [-0.05, 0) is 36.1 Å². The number of benzene rings is 1. The Bertz CT molecular complexity index is 787. The number of rotatable bonds is 8. The van der Waals surface area contributed by atoms with Crippen molar-refractivity contribution in [3.8, 4) is 0 Å². The number of aromatic nitrogens is 3. The van der Waals surface area contributed by atoms with Gasteiger partial charge >= 0.3 is 5.97 Å². The lowest BCUT2D eigenvalue weighted by atomic mass is 10.2. The number of methoxy groups -OCH3 is 1.